The van der Waals surface area contributed by atoms with Crippen LogP contribution < -0.4 is 5.73 Å². The monoisotopic (exact) mass is 189 g/mol. The van der Waals surface area contributed by atoms with Crippen LogP contribution in [0.1, 0.15) is 19.3 Å². The van der Waals surface area contributed by atoms with E-state index in [0.717, 1.165) is 0 Å². The molecule has 0 saturated heterocycles. The number of aliphatic carboxylic acids is 2. The number of carboxylic acids is 2. The predicted octanol–water partition coefficient (Wildman–Crippen LogP) is -0.573. The summed E-state index contributed by atoms with van der Waals surface area (Å²) < 4.78 is 0. The summed E-state index contributed by atoms with van der Waals surface area (Å²) in [6, 6.07) is 0. The Morgan fingerprint density at radius 2 is 1.77 bits per heavy atom. The summed E-state index contributed by atoms with van der Waals surface area (Å²) in [6.45, 7) is 0. The Morgan fingerprint density at radius 1 is 1.23 bits per heavy atom. The molecule has 0 aromatic heterocycles. The van der Waals surface area contributed by atoms with Crippen molar-refractivity contribution in [3.05, 3.63) is 0 Å². The summed E-state index contributed by atoms with van der Waals surface area (Å²) >= 11 is 0. The summed E-state index contributed by atoms with van der Waals surface area (Å²) in [4.78, 5) is 30.9. The highest BCUT2D eigenvalue weighted by Crippen LogP contribution is 2.10. The van der Waals surface area contributed by atoms with Gasteiger partial charge in [0, 0.05) is 12.8 Å². The molecule has 0 fully saturated rings. The topological polar surface area (TPSA) is 118 Å². The van der Waals surface area contributed by atoms with Crippen molar-refractivity contribution in [1.82, 2.24) is 0 Å². The van der Waals surface area contributed by atoms with Crippen molar-refractivity contribution < 1.29 is 24.6 Å². The molecule has 0 spiro atoms. The molecule has 0 aromatic carbocycles. The normalized spacial score (nSPS) is 12.0. The van der Waals surface area contributed by atoms with E-state index >= 15 is 0 Å². The standard InChI is InChI=1S/C7H11NO5/c8-5(9)3-4(7(12)13)1-2-6(10)11/h4H,1-3H2,(H2,8,9)(H,10,11)(H,12,13)/t4-/m1/s1. The first kappa shape index (κ1) is 11.4. The van der Waals surface area contributed by atoms with E-state index in [2.05, 4.69) is 0 Å². The van der Waals surface area contributed by atoms with E-state index in [-0.39, 0.29) is 19.3 Å². The number of amides is 1. The molecule has 6 heteroatoms. The van der Waals surface area contributed by atoms with E-state index in [1.54, 1.807) is 0 Å². The van der Waals surface area contributed by atoms with Crippen LogP contribution in [0.15, 0.2) is 0 Å². The minimum Gasteiger partial charge on any atom is -0.481 e. The van der Waals surface area contributed by atoms with Gasteiger partial charge >= 0.3 is 11.9 Å². The molecule has 1 atom stereocenters. The van der Waals surface area contributed by atoms with Crippen molar-refractivity contribution in [3.8, 4) is 0 Å². The smallest absolute Gasteiger partial charge is 0.307 e. The second-order valence-electron chi connectivity index (χ2n) is 2.64. The van der Waals surface area contributed by atoms with Crippen molar-refractivity contribution in [2.24, 2.45) is 11.7 Å². The van der Waals surface area contributed by atoms with E-state index in [1.165, 1.54) is 0 Å². The Balaban J connectivity index is 4.02. The lowest BCUT2D eigenvalue weighted by Gasteiger charge is -2.07. The molecule has 0 rings (SSSR count). The number of hydrogen-bond donors (Lipinski definition) is 3. The zero-order valence-electron chi connectivity index (χ0n) is 6.90. The molecular formula is C7H11NO5. The third-order valence-corrected chi connectivity index (χ3v) is 1.50. The van der Waals surface area contributed by atoms with Crippen molar-refractivity contribution >= 4 is 17.8 Å². The van der Waals surface area contributed by atoms with Crippen LogP contribution in [0.3, 0.4) is 0 Å². The lowest BCUT2D eigenvalue weighted by atomic mass is 9.99. The van der Waals surface area contributed by atoms with Crippen LogP contribution in [0.5, 0.6) is 0 Å². The molecule has 13 heavy (non-hydrogen) atoms. The second-order valence-corrected chi connectivity index (χ2v) is 2.64. The van der Waals surface area contributed by atoms with Crippen molar-refractivity contribution in [2.75, 3.05) is 0 Å². The number of nitrogens with two attached hydrogens (primary N) is 1. The van der Waals surface area contributed by atoms with Crippen LogP contribution >= 0.6 is 0 Å². The molecule has 0 aliphatic heterocycles. The van der Waals surface area contributed by atoms with Crippen LogP contribution in [-0.4, -0.2) is 28.1 Å². The van der Waals surface area contributed by atoms with Gasteiger partial charge in [-0.05, 0) is 6.42 Å². The fourth-order valence-electron chi connectivity index (χ4n) is 0.853. The minimum atomic E-state index is -1.19. The summed E-state index contributed by atoms with van der Waals surface area (Å²) in [5.74, 6) is -4.01. The molecular weight excluding hydrogens is 178 g/mol. The molecule has 1 amide bonds. The highest BCUT2D eigenvalue weighted by atomic mass is 16.4. The zero-order chi connectivity index (χ0) is 10.4. The third-order valence-electron chi connectivity index (χ3n) is 1.50. The summed E-state index contributed by atoms with van der Waals surface area (Å²) in [5, 5.41) is 16.8. The lowest BCUT2D eigenvalue weighted by molar-refractivity contribution is -0.144. The van der Waals surface area contributed by atoms with Gasteiger partial charge in [-0.25, -0.2) is 0 Å². The van der Waals surface area contributed by atoms with Gasteiger partial charge in [0.25, 0.3) is 0 Å². The SMILES string of the molecule is NC(=O)C[C@@H](CCC(=O)O)C(=O)O. The fourth-order valence-corrected chi connectivity index (χ4v) is 0.853. The molecule has 4 N–H and O–H groups in total. The van der Waals surface area contributed by atoms with Gasteiger partial charge in [-0.2, -0.15) is 0 Å². The Labute approximate surface area is 74.3 Å². The summed E-state index contributed by atoms with van der Waals surface area (Å²) in [7, 11) is 0. The molecule has 0 aliphatic carbocycles. The van der Waals surface area contributed by atoms with Crippen LogP contribution in [0, 0.1) is 5.92 Å². The molecule has 0 aliphatic rings. The van der Waals surface area contributed by atoms with E-state index in [9.17, 15) is 14.4 Å². The van der Waals surface area contributed by atoms with Gasteiger partial charge in [0.2, 0.25) is 5.91 Å². The summed E-state index contributed by atoms with van der Waals surface area (Å²) in [5.41, 5.74) is 4.79. The number of rotatable bonds is 6. The van der Waals surface area contributed by atoms with E-state index in [0.29, 0.717) is 0 Å². The minimum absolute atomic E-state index is 0.0758. The number of carboxylic acid groups (broad SMARTS) is 2. The van der Waals surface area contributed by atoms with Gasteiger partial charge in [-0.1, -0.05) is 0 Å². The molecule has 0 unspecified atom stereocenters. The van der Waals surface area contributed by atoms with Crippen LogP contribution in [0.25, 0.3) is 0 Å². The second kappa shape index (κ2) is 5.13. The zero-order valence-corrected chi connectivity index (χ0v) is 6.90. The number of carbonyl (C=O) groups is 3. The first-order valence-electron chi connectivity index (χ1n) is 3.66. The molecule has 0 aromatic rings. The molecule has 74 valence electrons. The average Bonchev–Trinajstić information content (AvgIpc) is 1.96. The molecule has 0 bridgehead atoms. The van der Waals surface area contributed by atoms with Gasteiger partial charge < -0.3 is 15.9 Å². The molecule has 0 radical (unpaired) electrons. The van der Waals surface area contributed by atoms with Crippen LogP contribution in [0.4, 0.5) is 0 Å². The molecule has 0 saturated carbocycles. The summed E-state index contributed by atoms with van der Waals surface area (Å²) in [6.07, 6.45) is -0.666. The first-order chi connectivity index (χ1) is 5.93. The van der Waals surface area contributed by atoms with Crippen LogP contribution in [0.2, 0.25) is 0 Å². The Morgan fingerprint density at radius 3 is 2.08 bits per heavy atom. The maximum absolute atomic E-state index is 10.4. The third kappa shape index (κ3) is 5.66. The number of carbonyl (C=O) groups excluding carboxylic acids is 1. The van der Waals surface area contributed by atoms with Crippen molar-refractivity contribution in [2.45, 2.75) is 19.3 Å². The van der Waals surface area contributed by atoms with Crippen LogP contribution in [-0.2, 0) is 14.4 Å². The lowest BCUT2D eigenvalue weighted by Crippen LogP contribution is -2.23. The van der Waals surface area contributed by atoms with Crippen molar-refractivity contribution in [1.29, 1.82) is 0 Å². The highest BCUT2D eigenvalue weighted by molar-refractivity contribution is 5.81. The predicted molar refractivity (Wildman–Crippen MR) is 41.8 cm³/mol. The quantitative estimate of drug-likeness (QED) is 0.517. The highest BCUT2D eigenvalue weighted by Gasteiger charge is 2.20. The fraction of sp³-hybridized carbons (Fsp3) is 0.571. The van der Waals surface area contributed by atoms with Gasteiger partial charge in [0.15, 0.2) is 0 Å². The Kier molecular flexibility index (Phi) is 4.50. The van der Waals surface area contributed by atoms with E-state index in [1.807, 2.05) is 0 Å². The van der Waals surface area contributed by atoms with E-state index < -0.39 is 23.8 Å². The van der Waals surface area contributed by atoms with Gasteiger partial charge in [0.1, 0.15) is 0 Å². The van der Waals surface area contributed by atoms with Crippen molar-refractivity contribution in [3.63, 3.8) is 0 Å². The van der Waals surface area contributed by atoms with E-state index in [4.69, 9.17) is 15.9 Å². The first-order valence-corrected chi connectivity index (χ1v) is 3.66. The maximum Gasteiger partial charge on any atom is 0.307 e. The maximum atomic E-state index is 10.4. The number of primary amides is 1. The van der Waals surface area contributed by atoms with Gasteiger partial charge in [-0.15, -0.1) is 0 Å². The number of hydrogen-bond acceptors (Lipinski definition) is 3. The Hall–Kier alpha value is -1.59. The molecule has 0 heterocycles. The molecule has 6 nitrogen and oxygen atoms in total. The largest absolute Gasteiger partial charge is 0.481 e. The van der Waals surface area contributed by atoms with Gasteiger partial charge in [-0.3, -0.25) is 14.4 Å². The average molecular weight is 189 g/mol. The Bertz CT molecular complexity index is 225. The van der Waals surface area contributed by atoms with Gasteiger partial charge in [0.05, 0.1) is 5.92 Å².